The predicted molar refractivity (Wildman–Crippen MR) is 277 cm³/mol. The van der Waals surface area contributed by atoms with Crippen LogP contribution in [0.15, 0.2) is 36.0 Å². The van der Waals surface area contributed by atoms with E-state index in [0.29, 0.717) is 50.0 Å². The highest BCUT2D eigenvalue weighted by atomic mass is 16.6. The molecule has 0 saturated heterocycles. The highest BCUT2D eigenvalue weighted by Crippen LogP contribution is 2.67. The zero-order valence-electron chi connectivity index (χ0n) is 44.4. The molecule has 0 amide bonds. The first-order valence-corrected chi connectivity index (χ1v) is 28.1. The quantitative estimate of drug-likeness (QED) is 0.0457. The SMILES string of the molecule is CCCCCC=CCC=CCCCCCCCCCCOCC(CN(C)CC(C)OC)OCCOCCO[C@H]1CC[C@@]2(C)C(=CC[C@@H]3C2CC[C@@]2(C)C3CC[C@@H]2[C@H](C)CCCC(C)C)C1. The van der Waals surface area contributed by atoms with Gasteiger partial charge in [-0.1, -0.05) is 148 Å². The second kappa shape index (κ2) is 32.0. The Morgan fingerprint density at radius 1 is 0.708 bits per heavy atom. The smallest absolute Gasteiger partial charge is 0.0936 e. The highest BCUT2D eigenvalue weighted by Gasteiger charge is 2.59. The normalized spacial score (nSPS) is 28.2. The zero-order valence-corrected chi connectivity index (χ0v) is 44.4. The molecule has 4 rings (SSSR count). The lowest BCUT2D eigenvalue weighted by atomic mass is 9.47. The molecule has 3 fully saturated rings. The van der Waals surface area contributed by atoms with Crippen molar-refractivity contribution >= 4 is 0 Å². The van der Waals surface area contributed by atoms with E-state index in [-0.39, 0.29) is 12.2 Å². The van der Waals surface area contributed by atoms with Crippen LogP contribution in [-0.4, -0.2) is 90.1 Å². The van der Waals surface area contributed by atoms with Crippen LogP contribution in [0.4, 0.5) is 0 Å². The number of hydrogen-bond acceptors (Lipinski definition) is 6. The van der Waals surface area contributed by atoms with Crippen LogP contribution < -0.4 is 0 Å². The van der Waals surface area contributed by atoms with Gasteiger partial charge in [-0.15, -0.1) is 0 Å². The van der Waals surface area contributed by atoms with Crippen LogP contribution >= 0.6 is 0 Å². The van der Waals surface area contributed by atoms with Gasteiger partial charge in [-0.25, -0.2) is 0 Å². The Bertz CT molecular complexity index is 1310. The molecule has 0 aromatic carbocycles. The van der Waals surface area contributed by atoms with Crippen LogP contribution in [0.5, 0.6) is 0 Å². The topological polar surface area (TPSA) is 49.4 Å². The summed E-state index contributed by atoms with van der Waals surface area (Å²) in [5.74, 6) is 5.32. The molecule has 0 N–H and O–H groups in total. The van der Waals surface area contributed by atoms with Gasteiger partial charge >= 0.3 is 0 Å². The molecule has 65 heavy (non-hydrogen) atoms. The van der Waals surface area contributed by atoms with Crippen molar-refractivity contribution in [3.63, 3.8) is 0 Å². The van der Waals surface area contributed by atoms with Gasteiger partial charge in [0.25, 0.3) is 0 Å². The maximum absolute atomic E-state index is 6.51. The number of ether oxygens (including phenoxy) is 5. The largest absolute Gasteiger partial charge is 0.380 e. The van der Waals surface area contributed by atoms with E-state index in [9.17, 15) is 0 Å². The van der Waals surface area contributed by atoms with E-state index in [0.717, 1.165) is 74.5 Å². The molecule has 6 nitrogen and oxygen atoms in total. The molecule has 4 aliphatic carbocycles. The number of allylic oxidation sites excluding steroid dienone is 5. The number of nitrogens with zero attached hydrogens (tertiary/aromatic N) is 1. The summed E-state index contributed by atoms with van der Waals surface area (Å²) in [7, 11) is 3.93. The molecule has 378 valence electrons. The number of likely N-dealkylation sites (N-methyl/N-ethyl adjacent to an activating group) is 1. The van der Waals surface area contributed by atoms with Gasteiger partial charge in [-0.2, -0.15) is 0 Å². The van der Waals surface area contributed by atoms with Gasteiger partial charge in [0, 0.05) is 26.8 Å². The summed E-state index contributed by atoms with van der Waals surface area (Å²) in [5, 5.41) is 0. The summed E-state index contributed by atoms with van der Waals surface area (Å²) in [5.41, 5.74) is 2.65. The summed E-state index contributed by atoms with van der Waals surface area (Å²) in [6, 6.07) is 0. The molecule has 0 spiro atoms. The Labute approximate surface area is 403 Å². The van der Waals surface area contributed by atoms with Crippen molar-refractivity contribution in [3.8, 4) is 0 Å². The van der Waals surface area contributed by atoms with Gasteiger partial charge < -0.3 is 28.6 Å². The van der Waals surface area contributed by atoms with Crippen molar-refractivity contribution in [2.45, 2.75) is 227 Å². The molecule has 0 heterocycles. The van der Waals surface area contributed by atoms with Gasteiger partial charge in [0.1, 0.15) is 0 Å². The van der Waals surface area contributed by atoms with Crippen LogP contribution in [0.1, 0.15) is 209 Å². The number of unbranched alkanes of at least 4 members (excludes halogenated alkanes) is 11. The van der Waals surface area contributed by atoms with Gasteiger partial charge in [0.15, 0.2) is 0 Å². The Kier molecular flexibility index (Phi) is 27.8. The minimum Gasteiger partial charge on any atom is -0.380 e. The van der Waals surface area contributed by atoms with E-state index in [1.807, 2.05) is 0 Å². The van der Waals surface area contributed by atoms with Crippen molar-refractivity contribution in [1.82, 2.24) is 4.90 Å². The minimum atomic E-state index is 0.0156. The van der Waals surface area contributed by atoms with Crippen LogP contribution in [0.25, 0.3) is 0 Å². The van der Waals surface area contributed by atoms with Crippen LogP contribution in [-0.2, 0) is 23.7 Å². The summed E-state index contributed by atoms with van der Waals surface area (Å²) in [6.45, 7) is 22.7. The maximum atomic E-state index is 6.51. The van der Waals surface area contributed by atoms with Gasteiger partial charge in [0.05, 0.1) is 51.3 Å². The highest BCUT2D eigenvalue weighted by molar-refractivity contribution is 5.25. The monoisotopic (exact) mass is 910 g/mol. The van der Waals surface area contributed by atoms with Crippen molar-refractivity contribution in [3.05, 3.63) is 36.0 Å². The van der Waals surface area contributed by atoms with E-state index in [1.165, 1.54) is 141 Å². The maximum Gasteiger partial charge on any atom is 0.0936 e. The third-order valence-corrected chi connectivity index (χ3v) is 17.2. The molecule has 10 atom stereocenters. The molecular formula is C59H107NO5. The number of hydrogen-bond donors (Lipinski definition) is 0. The Balaban J connectivity index is 1.05. The molecule has 6 heteroatoms. The number of fused-ring (bicyclic) bond motifs is 5. The lowest BCUT2D eigenvalue weighted by Crippen LogP contribution is -2.51. The van der Waals surface area contributed by atoms with Crippen LogP contribution in [0.2, 0.25) is 0 Å². The standard InChI is InChI=1S/C59H107NO5/c1-10-11-12-13-14-15-16-17-18-19-20-21-22-23-24-25-26-27-39-63-47-53(46-60(8)45-50(5)61-9)65-43-41-62-40-42-64-52-35-37-58(6)51(44-52)31-32-54-56-34-33-55(49(4)30-28-29-48(2)3)59(56,7)38-36-57(54)58/h14-15,17-18,31,48-50,52-57H,10-13,16,19-30,32-47H2,1-9H3/t49-,50?,52+,53?,54+,55-,56?,57?,58+,59-/m1/s1. The van der Waals surface area contributed by atoms with Gasteiger partial charge in [-0.3, -0.25) is 0 Å². The van der Waals surface area contributed by atoms with E-state index >= 15 is 0 Å². The molecule has 3 saturated carbocycles. The predicted octanol–water partition coefficient (Wildman–Crippen LogP) is 15.4. The van der Waals surface area contributed by atoms with E-state index in [4.69, 9.17) is 23.7 Å². The molecule has 0 aromatic rings. The Morgan fingerprint density at radius 3 is 2.14 bits per heavy atom. The average Bonchev–Trinajstić information content (AvgIpc) is 3.65. The molecule has 0 bridgehead atoms. The third-order valence-electron chi connectivity index (χ3n) is 17.2. The molecule has 0 aromatic heterocycles. The fourth-order valence-corrected chi connectivity index (χ4v) is 13.3. The Morgan fingerprint density at radius 2 is 1.42 bits per heavy atom. The van der Waals surface area contributed by atoms with Crippen molar-refractivity contribution in [2.75, 3.05) is 66.9 Å². The second-order valence-electron chi connectivity index (χ2n) is 22.8. The van der Waals surface area contributed by atoms with E-state index < -0.39 is 0 Å². The van der Waals surface area contributed by atoms with E-state index in [1.54, 1.807) is 12.7 Å². The summed E-state index contributed by atoms with van der Waals surface area (Å²) in [6.07, 6.45) is 45.6. The molecule has 4 unspecified atom stereocenters. The minimum absolute atomic E-state index is 0.0156. The first-order chi connectivity index (χ1) is 31.5. The van der Waals surface area contributed by atoms with Crippen molar-refractivity contribution in [2.24, 2.45) is 46.3 Å². The molecule has 0 radical (unpaired) electrons. The van der Waals surface area contributed by atoms with Gasteiger partial charge in [0.2, 0.25) is 0 Å². The second-order valence-corrected chi connectivity index (χ2v) is 22.8. The summed E-state index contributed by atoms with van der Waals surface area (Å²) < 4.78 is 30.7. The summed E-state index contributed by atoms with van der Waals surface area (Å²) >= 11 is 0. The molecule has 4 aliphatic rings. The van der Waals surface area contributed by atoms with Crippen LogP contribution in [0.3, 0.4) is 0 Å². The van der Waals surface area contributed by atoms with Crippen molar-refractivity contribution in [1.29, 1.82) is 0 Å². The van der Waals surface area contributed by atoms with Crippen LogP contribution in [0, 0.1) is 46.3 Å². The third kappa shape index (κ3) is 19.7. The fraction of sp³-hybridized carbons (Fsp3) is 0.898. The lowest BCUT2D eigenvalue weighted by molar-refractivity contribution is -0.0735. The first kappa shape index (κ1) is 56.6. The number of rotatable bonds is 37. The van der Waals surface area contributed by atoms with E-state index in [2.05, 4.69) is 90.8 Å². The first-order valence-electron chi connectivity index (χ1n) is 28.1. The van der Waals surface area contributed by atoms with Gasteiger partial charge in [-0.05, 0) is 150 Å². The molecule has 0 aliphatic heterocycles. The number of methoxy groups -OCH3 is 1. The summed E-state index contributed by atoms with van der Waals surface area (Å²) in [4.78, 5) is 2.30. The lowest BCUT2D eigenvalue weighted by Gasteiger charge is -2.58. The fourth-order valence-electron chi connectivity index (χ4n) is 13.3. The Hall–Kier alpha value is -1.02. The molecular weight excluding hydrogens is 803 g/mol. The average molecular weight is 911 g/mol. The van der Waals surface area contributed by atoms with Crippen molar-refractivity contribution < 1.29 is 23.7 Å². The zero-order chi connectivity index (χ0) is 46.8.